The first-order valence-corrected chi connectivity index (χ1v) is 3.39. The van der Waals surface area contributed by atoms with Crippen LogP contribution in [0.25, 0.3) is 10.9 Å². The number of hydrogen-bond acceptors (Lipinski definition) is 2. The Bertz CT molecular complexity index is 382. The Balaban J connectivity index is 2.83. The van der Waals surface area contributed by atoms with E-state index in [0.29, 0.717) is 5.82 Å². The molecule has 1 heterocycles. The monoisotopic (exact) mass is 143 g/mol. The van der Waals surface area contributed by atoms with Gasteiger partial charge in [-0.15, -0.1) is 0 Å². The Morgan fingerprint density at radius 3 is 3.09 bits per heavy atom. The lowest BCUT2D eigenvalue weighted by Crippen LogP contribution is -1.88. The third kappa shape index (κ3) is 1.03. The van der Waals surface area contributed by atoms with Crippen molar-refractivity contribution in [2.45, 2.75) is 0 Å². The van der Waals surface area contributed by atoms with Gasteiger partial charge in [0, 0.05) is 5.39 Å². The maximum Gasteiger partial charge on any atom is 0.124 e. The molecule has 0 amide bonds. The van der Waals surface area contributed by atoms with Gasteiger partial charge < -0.3 is 5.73 Å². The topological polar surface area (TPSA) is 38.9 Å². The Labute approximate surface area is 64.7 Å². The fraction of sp³-hybridized carbons (Fsp3) is 0. The smallest absolute Gasteiger partial charge is 0.124 e. The van der Waals surface area contributed by atoms with Crippen molar-refractivity contribution in [1.82, 2.24) is 4.98 Å². The summed E-state index contributed by atoms with van der Waals surface area (Å²) in [5.74, 6) is 0.553. The Kier molecular flexibility index (Phi) is 1.25. The maximum absolute atomic E-state index is 5.50. The molecular weight excluding hydrogens is 136 g/mol. The average molecular weight is 143 g/mol. The van der Waals surface area contributed by atoms with Gasteiger partial charge in [0.15, 0.2) is 0 Å². The van der Waals surface area contributed by atoms with E-state index in [4.69, 9.17) is 5.73 Å². The van der Waals surface area contributed by atoms with Crippen molar-refractivity contribution >= 4 is 16.7 Å². The van der Waals surface area contributed by atoms with Crippen LogP contribution in [-0.2, 0) is 0 Å². The van der Waals surface area contributed by atoms with E-state index in [1.807, 2.05) is 24.3 Å². The van der Waals surface area contributed by atoms with Crippen molar-refractivity contribution in [3.8, 4) is 0 Å². The van der Waals surface area contributed by atoms with Gasteiger partial charge >= 0.3 is 0 Å². The Hall–Kier alpha value is -1.57. The summed E-state index contributed by atoms with van der Waals surface area (Å²) < 4.78 is 0. The average Bonchev–Trinajstić information content (AvgIpc) is 2.04. The number of anilines is 1. The first-order chi connectivity index (χ1) is 5.36. The lowest BCUT2D eigenvalue weighted by Gasteiger charge is -1.95. The fourth-order valence-electron chi connectivity index (χ4n) is 1.02. The molecule has 2 rings (SSSR count). The van der Waals surface area contributed by atoms with Crippen LogP contribution in [0, 0.1) is 6.07 Å². The maximum atomic E-state index is 5.50. The summed E-state index contributed by atoms with van der Waals surface area (Å²) in [5, 5.41) is 1.00. The molecular formula is C9H7N2. The zero-order valence-electron chi connectivity index (χ0n) is 5.91. The number of hydrogen-bond donors (Lipinski definition) is 1. The second-order valence-corrected chi connectivity index (χ2v) is 2.34. The van der Waals surface area contributed by atoms with E-state index >= 15 is 0 Å². The van der Waals surface area contributed by atoms with E-state index in [2.05, 4.69) is 11.1 Å². The summed E-state index contributed by atoms with van der Waals surface area (Å²) in [4.78, 5) is 4.12. The van der Waals surface area contributed by atoms with Crippen LogP contribution in [0.3, 0.4) is 0 Å². The second kappa shape index (κ2) is 2.23. The van der Waals surface area contributed by atoms with Crippen LogP contribution in [0.15, 0.2) is 30.3 Å². The molecule has 0 fully saturated rings. The number of nitrogens with two attached hydrogens (primary N) is 1. The molecule has 11 heavy (non-hydrogen) atoms. The van der Waals surface area contributed by atoms with Gasteiger partial charge in [0.1, 0.15) is 5.82 Å². The molecule has 53 valence electrons. The standard InChI is InChI=1S/C9H7N2/c10-9-6-5-7-3-1-2-4-8(7)11-9/h1-2,4-6H,(H2,10,11). The molecule has 0 unspecified atom stereocenters. The zero-order valence-corrected chi connectivity index (χ0v) is 5.91. The molecule has 1 radical (unpaired) electrons. The molecule has 0 aliphatic heterocycles. The first kappa shape index (κ1) is 6.16. The SMILES string of the molecule is Nc1ccc2[c]cccc2n1. The van der Waals surface area contributed by atoms with Gasteiger partial charge in [0.2, 0.25) is 0 Å². The van der Waals surface area contributed by atoms with Crippen molar-refractivity contribution in [3.05, 3.63) is 36.4 Å². The molecule has 0 bridgehead atoms. The number of benzene rings is 1. The predicted molar refractivity (Wildman–Crippen MR) is 45.0 cm³/mol. The van der Waals surface area contributed by atoms with Crippen molar-refractivity contribution in [2.75, 3.05) is 5.73 Å². The lowest BCUT2D eigenvalue weighted by molar-refractivity contribution is 1.41. The quantitative estimate of drug-likeness (QED) is 0.608. The van der Waals surface area contributed by atoms with Crippen LogP contribution in [0.1, 0.15) is 0 Å². The molecule has 2 N–H and O–H groups in total. The number of nitrogens with zero attached hydrogens (tertiary/aromatic N) is 1. The zero-order chi connectivity index (χ0) is 7.68. The third-order valence-electron chi connectivity index (χ3n) is 1.54. The van der Waals surface area contributed by atoms with Gasteiger partial charge in [0.25, 0.3) is 0 Å². The fourth-order valence-corrected chi connectivity index (χ4v) is 1.02. The van der Waals surface area contributed by atoms with Crippen molar-refractivity contribution < 1.29 is 0 Å². The highest BCUT2D eigenvalue weighted by Gasteiger charge is 1.91. The lowest BCUT2D eigenvalue weighted by atomic mass is 10.2. The number of nitrogen functional groups attached to an aromatic ring is 1. The largest absolute Gasteiger partial charge is 0.384 e. The molecule has 0 aliphatic rings. The summed E-state index contributed by atoms with van der Waals surface area (Å²) in [6, 6.07) is 12.4. The van der Waals surface area contributed by atoms with E-state index in [9.17, 15) is 0 Å². The van der Waals surface area contributed by atoms with Gasteiger partial charge in [-0.05, 0) is 24.3 Å². The molecule has 2 aromatic rings. The highest BCUT2D eigenvalue weighted by atomic mass is 14.8. The van der Waals surface area contributed by atoms with Crippen LogP contribution in [0.4, 0.5) is 5.82 Å². The number of aromatic nitrogens is 1. The van der Waals surface area contributed by atoms with Crippen molar-refractivity contribution in [2.24, 2.45) is 0 Å². The molecule has 1 aromatic heterocycles. The van der Waals surface area contributed by atoms with Gasteiger partial charge in [0.05, 0.1) is 5.52 Å². The normalized spacial score (nSPS) is 10.2. The number of rotatable bonds is 0. The number of fused-ring (bicyclic) bond motifs is 1. The predicted octanol–water partition coefficient (Wildman–Crippen LogP) is 1.62. The molecule has 2 nitrogen and oxygen atoms in total. The molecule has 0 aliphatic carbocycles. The van der Waals surface area contributed by atoms with E-state index in [1.165, 1.54) is 0 Å². The van der Waals surface area contributed by atoms with E-state index < -0.39 is 0 Å². The van der Waals surface area contributed by atoms with Crippen molar-refractivity contribution in [3.63, 3.8) is 0 Å². The third-order valence-corrected chi connectivity index (χ3v) is 1.54. The summed E-state index contributed by atoms with van der Waals surface area (Å²) in [6.07, 6.45) is 0. The minimum atomic E-state index is 0.553. The van der Waals surface area contributed by atoms with Crippen LogP contribution in [0.5, 0.6) is 0 Å². The van der Waals surface area contributed by atoms with Crippen molar-refractivity contribution in [1.29, 1.82) is 0 Å². The molecule has 0 atom stereocenters. The van der Waals surface area contributed by atoms with Gasteiger partial charge in [-0.25, -0.2) is 4.98 Å². The summed E-state index contributed by atoms with van der Waals surface area (Å²) in [6.45, 7) is 0. The first-order valence-electron chi connectivity index (χ1n) is 3.39. The van der Waals surface area contributed by atoms with E-state index in [1.54, 1.807) is 6.07 Å². The Morgan fingerprint density at radius 1 is 1.27 bits per heavy atom. The van der Waals surface area contributed by atoms with Gasteiger partial charge in [-0.2, -0.15) is 0 Å². The van der Waals surface area contributed by atoms with Crippen LogP contribution in [0.2, 0.25) is 0 Å². The molecule has 1 aromatic carbocycles. The molecule has 0 saturated heterocycles. The van der Waals surface area contributed by atoms with E-state index in [-0.39, 0.29) is 0 Å². The van der Waals surface area contributed by atoms with E-state index in [0.717, 1.165) is 10.9 Å². The molecule has 0 spiro atoms. The summed E-state index contributed by atoms with van der Waals surface area (Å²) in [5.41, 5.74) is 6.39. The second-order valence-electron chi connectivity index (χ2n) is 2.34. The summed E-state index contributed by atoms with van der Waals surface area (Å²) in [7, 11) is 0. The van der Waals surface area contributed by atoms with Crippen LogP contribution >= 0.6 is 0 Å². The molecule has 0 saturated carbocycles. The summed E-state index contributed by atoms with van der Waals surface area (Å²) >= 11 is 0. The Morgan fingerprint density at radius 2 is 2.18 bits per heavy atom. The van der Waals surface area contributed by atoms with Crippen LogP contribution < -0.4 is 5.73 Å². The molecule has 2 heteroatoms. The number of pyridine rings is 1. The van der Waals surface area contributed by atoms with Gasteiger partial charge in [-0.1, -0.05) is 12.1 Å². The highest BCUT2D eigenvalue weighted by Crippen LogP contribution is 2.11. The van der Waals surface area contributed by atoms with Crippen LogP contribution in [-0.4, -0.2) is 4.98 Å². The highest BCUT2D eigenvalue weighted by molar-refractivity contribution is 5.79. The van der Waals surface area contributed by atoms with Gasteiger partial charge in [-0.3, -0.25) is 0 Å². The minimum Gasteiger partial charge on any atom is -0.384 e. The minimum absolute atomic E-state index is 0.553.